The summed E-state index contributed by atoms with van der Waals surface area (Å²) in [6.45, 7) is 0.0960. The van der Waals surface area contributed by atoms with Crippen molar-refractivity contribution in [3.8, 4) is 5.75 Å². The van der Waals surface area contributed by atoms with Gasteiger partial charge < -0.3 is 10.1 Å². The van der Waals surface area contributed by atoms with E-state index < -0.39 is 0 Å². The minimum Gasteiger partial charge on any atom is -0.496 e. The summed E-state index contributed by atoms with van der Waals surface area (Å²) in [5, 5.41) is 4.20. The Kier molecular flexibility index (Phi) is 4.19. The van der Waals surface area contributed by atoms with E-state index in [0.717, 1.165) is 5.39 Å². The number of nitrogens with zero attached hydrogens (tertiary/aromatic N) is 1. The second-order valence-corrected chi connectivity index (χ2v) is 4.99. The minimum atomic E-state index is -0.372. The lowest BCUT2D eigenvalue weighted by Crippen LogP contribution is -2.24. The van der Waals surface area contributed by atoms with Crippen LogP contribution in [0.25, 0.3) is 10.8 Å². The van der Waals surface area contributed by atoms with Crippen molar-refractivity contribution in [3.05, 3.63) is 71.8 Å². The first kappa shape index (κ1) is 15.0. The van der Waals surface area contributed by atoms with Gasteiger partial charge >= 0.3 is 0 Å². The molecule has 1 aromatic heterocycles. The van der Waals surface area contributed by atoms with Crippen molar-refractivity contribution in [1.82, 2.24) is 10.3 Å². The standard InChI is InChI=1S/C18H15FN2O2/c1-23-15-8-4-6-12-9-10-20-17(16(12)15)18(22)21-11-13-5-2-3-7-14(13)19/h2-10H,11H2,1H3,(H,21,22). The molecule has 1 amide bonds. The lowest BCUT2D eigenvalue weighted by atomic mass is 10.1. The monoisotopic (exact) mass is 310 g/mol. The average molecular weight is 310 g/mol. The number of benzene rings is 2. The molecule has 5 heteroatoms. The molecule has 0 spiro atoms. The van der Waals surface area contributed by atoms with Crippen LogP contribution in [-0.2, 0) is 6.54 Å². The van der Waals surface area contributed by atoms with Gasteiger partial charge in [0.25, 0.3) is 5.91 Å². The fraction of sp³-hybridized carbons (Fsp3) is 0.111. The van der Waals surface area contributed by atoms with E-state index >= 15 is 0 Å². The topological polar surface area (TPSA) is 51.2 Å². The predicted molar refractivity (Wildman–Crippen MR) is 85.9 cm³/mol. The molecule has 0 aliphatic heterocycles. The molecule has 0 aliphatic rings. The van der Waals surface area contributed by atoms with E-state index in [4.69, 9.17) is 4.74 Å². The summed E-state index contributed by atoms with van der Waals surface area (Å²) >= 11 is 0. The van der Waals surface area contributed by atoms with Crippen molar-refractivity contribution in [2.75, 3.05) is 7.11 Å². The summed E-state index contributed by atoms with van der Waals surface area (Å²) in [5.41, 5.74) is 0.685. The molecule has 23 heavy (non-hydrogen) atoms. The molecule has 0 fully saturated rings. The van der Waals surface area contributed by atoms with E-state index in [0.29, 0.717) is 16.7 Å². The number of methoxy groups -OCH3 is 1. The van der Waals surface area contributed by atoms with Crippen molar-refractivity contribution in [3.63, 3.8) is 0 Å². The van der Waals surface area contributed by atoms with E-state index in [-0.39, 0.29) is 24.0 Å². The number of ether oxygens (including phenoxy) is 1. The van der Waals surface area contributed by atoms with Crippen LogP contribution >= 0.6 is 0 Å². The van der Waals surface area contributed by atoms with Crippen LogP contribution in [0.5, 0.6) is 5.75 Å². The second-order valence-electron chi connectivity index (χ2n) is 4.99. The fourth-order valence-corrected chi connectivity index (χ4v) is 2.44. The first-order chi connectivity index (χ1) is 11.2. The number of aromatic nitrogens is 1. The number of carbonyl (C=O) groups excluding carboxylic acids is 1. The van der Waals surface area contributed by atoms with Crippen molar-refractivity contribution >= 4 is 16.7 Å². The van der Waals surface area contributed by atoms with Gasteiger partial charge in [0, 0.05) is 18.3 Å². The number of amides is 1. The molecular weight excluding hydrogens is 295 g/mol. The van der Waals surface area contributed by atoms with Crippen molar-refractivity contribution in [2.24, 2.45) is 0 Å². The number of hydrogen-bond acceptors (Lipinski definition) is 3. The Morgan fingerprint density at radius 3 is 2.78 bits per heavy atom. The van der Waals surface area contributed by atoms with Gasteiger partial charge in [-0.1, -0.05) is 30.3 Å². The number of halogens is 1. The first-order valence-corrected chi connectivity index (χ1v) is 7.14. The zero-order chi connectivity index (χ0) is 16.2. The Labute approximate surface area is 132 Å². The van der Waals surface area contributed by atoms with Gasteiger partial charge in [-0.3, -0.25) is 9.78 Å². The van der Waals surface area contributed by atoms with Gasteiger partial charge in [-0.2, -0.15) is 0 Å². The van der Waals surface area contributed by atoms with Crippen LogP contribution in [0.15, 0.2) is 54.7 Å². The molecule has 1 heterocycles. The molecule has 3 aromatic rings. The third-order valence-electron chi connectivity index (χ3n) is 3.59. The normalized spacial score (nSPS) is 10.5. The third kappa shape index (κ3) is 2.99. The van der Waals surface area contributed by atoms with Gasteiger partial charge in [0.05, 0.1) is 12.5 Å². The number of nitrogens with one attached hydrogen (secondary N) is 1. The summed E-state index contributed by atoms with van der Waals surface area (Å²) in [6, 6.07) is 13.6. The molecule has 1 N–H and O–H groups in total. The summed E-state index contributed by atoms with van der Waals surface area (Å²) in [4.78, 5) is 16.6. The zero-order valence-electron chi connectivity index (χ0n) is 12.5. The fourth-order valence-electron chi connectivity index (χ4n) is 2.44. The number of rotatable bonds is 4. The highest BCUT2D eigenvalue weighted by molar-refractivity contribution is 6.07. The molecule has 0 aliphatic carbocycles. The third-order valence-corrected chi connectivity index (χ3v) is 3.59. The maximum Gasteiger partial charge on any atom is 0.270 e. The molecule has 0 bridgehead atoms. The molecule has 0 unspecified atom stereocenters. The van der Waals surface area contributed by atoms with Gasteiger partial charge in [-0.15, -0.1) is 0 Å². The molecule has 0 radical (unpaired) electrons. The number of hydrogen-bond donors (Lipinski definition) is 1. The zero-order valence-corrected chi connectivity index (χ0v) is 12.5. The molecule has 116 valence electrons. The molecule has 4 nitrogen and oxygen atoms in total. The van der Waals surface area contributed by atoms with E-state index in [1.807, 2.05) is 18.2 Å². The molecule has 0 saturated heterocycles. The number of fused-ring (bicyclic) bond motifs is 1. The van der Waals surface area contributed by atoms with Crippen LogP contribution in [0.2, 0.25) is 0 Å². The smallest absolute Gasteiger partial charge is 0.270 e. The summed E-state index contributed by atoms with van der Waals surface area (Å²) < 4.78 is 18.9. The van der Waals surface area contributed by atoms with Gasteiger partial charge in [0.1, 0.15) is 17.3 Å². The number of pyridine rings is 1. The molecule has 0 atom stereocenters. The van der Waals surface area contributed by atoms with E-state index in [1.54, 1.807) is 37.6 Å². The summed E-state index contributed by atoms with van der Waals surface area (Å²) in [7, 11) is 1.54. The Morgan fingerprint density at radius 1 is 1.17 bits per heavy atom. The van der Waals surface area contributed by atoms with E-state index in [2.05, 4.69) is 10.3 Å². The SMILES string of the molecule is COc1cccc2ccnc(C(=O)NCc3ccccc3F)c12. The lowest BCUT2D eigenvalue weighted by molar-refractivity contribution is 0.0947. The predicted octanol–water partition coefficient (Wildman–Crippen LogP) is 3.31. The minimum absolute atomic E-state index is 0.0960. The Hall–Kier alpha value is -2.95. The van der Waals surface area contributed by atoms with Crippen LogP contribution in [0.3, 0.4) is 0 Å². The first-order valence-electron chi connectivity index (χ1n) is 7.14. The number of carbonyl (C=O) groups is 1. The van der Waals surface area contributed by atoms with Crippen molar-refractivity contribution < 1.29 is 13.9 Å². The highest BCUT2D eigenvalue weighted by atomic mass is 19.1. The van der Waals surface area contributed by atoms with Crippen molar-refractivity contribution in [1.29, 1.82) is 0 Å². The lowest BCUT2D eigenvalue weighted by Gasteiger charge is -2.10. The largest absolute Gasteiger partial charge is 0.496 e. The van der Waals surface area contributed by atoms with Gasteiger partial charge in [0.2, 0.25) is 0 Å². The average Bonchev–Trinajstić information content (AvgIpc) is 2.59. The highest BCUT2D eigenvalue weighted by Gasteiger charge is 2.15. The quantitative estimate of drug-likeness (QED) is 0.804. The van der Waals surface area contributed by atoms with Gasteiger partial charge in [-0.05, 0) is 23.6 Å². The van der Waals surface area contributed by atoms with Crippen LogP contribution in [-0.4, -0.2) is 18.0 Å². The summed E-state index contributed by atoms with van der Waals surface area (Å²) in [5.74, 6) is -0.147. The van der Waals surface area contributed by atoms with Crippen molar-refractivity contribution in [2.45, 2.75) is 6.54 Å². The molecular formula is C18H15FN2O2. The van der Waals surface area contributed by atoms with Crippen LogP contribution in [0.1, 0.15) is 16.1 Å². The van der Waals surface area contributed by atoms with E-state index in [9.17, 15) is 9.18 Å². The van der Waals surface area contributed by atoms with Gasteiger partial charge in [0.15, 0.2) is 0 Å². The van der Waals surface area contributed by atoms with Gasteiger partial charge in [-0.25, -0.2) is 4.39 Å². The highest BCUT2D eigenvalue weighted by Crippen LogP contribution is 2.27. The summed E-state index contributed by atoms with van der Waals surface area (Å²) in [6.07, 6.45) is 1.57. The Morgan fingerprint density at radius 2 is 2.00 bits per heavy atom. The second kappa shape index (κ2) is 6.44. The molecule has 0 saturated carbocycles. The van der Waals surface area contributed by atoms with Crippen LogP contribution in [0.4, 0.5) is 4.39 Å². The molecule has 3 rings (SSSR count). The maximum atomic E-state index is 13.6. The maximum absolute atomic E-state index is 13.6. The van der Waals surface area contributed by atoms with E-state index in [1.165, 1.54) is 6.07 Å². The Bertz CT molecular complexity index is 859. The molecule has 2 aromatic carbocycles. The van der Waals surface area contributed by atoms with Crippen LogP contribution in [0, 0.1) is 5.82 Å². The van der Waals surface area contributed by atoms with Crippen LogP contribution < -0.4 is 10.1 Å². The Balaban J connectivity index is 1.91.